The first kappa shape index (κ1) is 17.4. The van der Waals surface area contributed by atoms with Gasteiger partial charge in [-0.1, -0.05) is 57.9 Å². The second kappa shape index (κ2) is 8.09. The molecule has 1 aromatic heterocycles. The lowest BCUT2D eigenvalue weighted by molar-refractivity contribution is 0.0949. The fourth-order valence-corrected chi connectivity index (χ4v) is 2.59. The Kier molecular flexibility index (Phi) is 5.63. The molecule has 0 saturated carbocycles. The van der Waals surface area contributed by atoms with E-state index in [0.29, 0.717) is 17.3 Å². The van der Waals surface area contributed by atoms with E-state index in [-0.39, 0.29) is 5.91 Å². The molecular weight excluding hydrogens is 404 g/mol. The van der Waals surface area contributed by atoms with Gasteiger partial charge in [0.1, 0.15) is 0 Å². The molecule has 126 valence electrons. The molecule has 7 heteroatoms. The van der Waals surface area contributed by atoms with E-state index < -0.39 is 0 Å². The van der Waals surface area contributed by atoms with Crippen molar-refractivity contribution in [1.82, 2.24) is 15.2 Å². The Labute approximate surface area is 158 Å². The quantitative estimate of drug-likeness (QED) is 0.502. The molecule has 1 amide bonds. The third kappa shape index (κ3) is 4.78. The summed E-state index contributed by atoms with van der Waals surface area (Å²) in [5.74, 6) is -0.377. The average Bonchev–Trinajstić information content (AvgIpc) is 3.07. The van der Waals surface area contributed by atoms with Crippen LogP contribution in [0.5, 0.6) is 0 Å². The first-order valence-corrected chi connectivity index (χ1v) is 8.65. The Morgan fingerprint density at radius 2 is 1.96 bits per heavy atom. The van der Waals surface area contributed by atoms with Crippen LogP contribution in [0.2, 0.25) is 5.02 Å². The van der Waals surface area contributed by atoms with E-state index in [1.165, 1.54) is 6.21 Å². The van der Waals surface area contributed by atoms with E-state index in [2.05, 4.69) is 31.6 Å². The van der Waals surface area contributed by atoms with Crippen LogP contribution in [0, 0.1) is 0 Å². The van der Waals surface area contributed by atoms with Crippen LogP contribution in [0.4, 0.5) is 0 Å². The summed E-state index contributed by atoms with van der Waals surface area (Å²) in [7, 11) is 0. The highest BCUT2D eigenvalue weighted by Crippen LogP contribution is 2.12. The van der Waals surface area contributed by atoms with E-state index in [4.69, 9.17) is 11.6 Å². The number of nitrogens with one attached hydrogen (secondary N) is 1. The molecule has 0 spiro atoms. The van der Waals surface area contributed by atoms with Gasteiger partial charge in [-0.3, -0.25) is 9.48 Å². The number of rotatable bonds is 5. The maximum atomic E-state index is 12.1. The normalized spacial score (nSPS) is 11.0. The summed E-state index contributed by atoms with van der Waals surface area (Å²) in [4.78, 5) is 12.1. The number of halogens is 2. The predicted octanol–water partition coefficient (Wildman–Crippen LogP) is 4.11. The largest absolute Gasteiger partial charge is 0.291 e. The molecule has 0 aliphatic heterocycles. The lowest BCUT2D eigenvalue weighted by Crippen LogP contribution is -2.18. The summed E-state index contributed by atoms with van der Waals surface area (Å²) in [5, 5.41) is 8.75. The van der Waals surface area contributed by atoms with Crippen LogP contribution in [-0.2, 0) is 6.54 Å². The first-order chi connectivity index (χ1) is 12.1. The highest BCUT2D eigenvalue weighted by atomic mass is 79.9. The Hall–Kier alpha value is -2.44. The standard InChI is InChI=1S/C18H14BrClN4O/c19-15-7-5-13(6-8-15)12-24-10-9-17(23-24)18(25)22-21-11-14-3-1-2-4-16(14)20/h1-11H,12H2,(H,22,25)/b21-11-. The van der Waals surface area contributed by atoms with Crippen molar-refractivity contribution in [3.8, 4) is 0 Å². The zero-order valence-electron chi connectivity index (χ0n) is 13.1. The van der Waals surface area contributed by atoms with E-state index in [1.54, 1.807) is 23.0 Å². The Bertz CT molecular complexity index is 905. The second-order valence-corrected chi connectivity index (χ2v) is 6.57. The summed E-state index contributed by atoms with van der Waals surface area (Å²) in [5.41, 5.74) is 4.57. The molecule has 25 heavy (non-hydrogen) atoms. The van der Waals surface area contributed by atoms with Crippen molar-refractivity contribution in [2.45, 2.75) is 6.54 Å². The van der Waals surface area contributed by atoms with E-state index in [9.17, 15) is 4.79 Å². The van der Waals surface area contributed by atoms with Gasteiger partial charge in [0, 0.05) is 21.3 Å². The van der Waals surface area contributed by atoms with Gasteiger partial charge in [-0.2, -0.15) is 10.2 Å². The van der Waals surface area contributed by atoms with E-state index in [0.717, 1.165) is 15.6 Å². The van der Waals surface area contributed by atoms with Crippen molar-refractivity contribution < 1.29 is 4.79 Å². The molecule has 0 atom stereocenters. The molecule has 0 radical (unpaired) electrons. The molecule has 0 aliphatic rings. The van der Waals surface area contributed by atoms with Crippen LogP contribution >= 0.6 is 27.5 Å². The van der Waals surface area contributed by atoms with Crippen molar-refractivity contribution in [1.29, 1.82) is 0 Å². The minimum atomic E-state index is -0.377. The van der Waals surface area contributed by atoms with Gasteiger partial charge < -0.3 is 0 Å². The zero-order valence-corrected chi connectivity index (χ0v) is 15.4. The topological polar surface area (TPSA) is 59.3 Å². The summed E-state index contributed by atoms with van der Waals surface area (Å²) in [6, 6.07) is 16.8. The Morgan fingerprint density at radius 1 is 1.20 bits per heavy atom. The molecule has 0 bridgehead atoms. The summed E-state index contributed by atoms with van der Waals surface area (Å²) >= 11 is 9.43. The third-order valence-corrected chi connectivity index (χ3v) is 4.28. The van der Waals surface area contributed by atoms with Crippen LogP contribution in [0.15, 0.2) is 70.4 Å². The minimum absolute atomic E-state index is 0.299. The lowest BCUT2D eigenvalue weighted by atomic mass is 10.2. The summed E-state index contributed by atoms with van der Waals surface area (Å²) in [6.07, 6.45) is 3.26. The fourth-order valence-electron chi connectivity index (χ4n) is 2.15. The SMILES string of the molecule is O=C(N/N=C\c1ccccc1Cl)c1ccn(Cc2ccc(Br)cc2)n1. The van der Waals surface area contributed by atoms with Crippen LogP contribution < -0.4 is 5.43 Å². The van der Waals surface area contributed by atoms with Crippen LogP contribution in [-0.4, -0.2) is 21.9 Å². The molecule has 0 saturated heterocycles. The second-order valence-electron chi connectivity index (χ2n) is 5.25. The van der Waals surface area contributed by atoms with Gasteiger partial charge in [0.05, 0.1) is 12.8 Å². The number of amides is 1. The molecule has 0 unspecified atom stereocenters. The number of carbonyl (C=O) groups excluding carboxylic acids is 1. The Morgan fingerprint density at radius 3 is 2.72 bits per heavy atom. The van der Waals surface area contributed by atoms with Crippen molar-refractivity contribution in [3.63, 3.8) is 0 Å². The third-order valence-electron chi connectivity index (χ3n) is 3.41. The number of aromatic nitrogens is 2. The van der Waals surface area contributed by atoms with Gasteiger partial charge in [-0.05, 0) is 29.8 Å². The van der Waals surface area contributed by atoms with Crippen LogP contribution in [0.25, 0.3) is 0 Å². The fraction of sp³-hybridized carbons (Fsp3) is 0.0556. The molecule has 0 fully saturated rings. The molecule has 3 aromatic rings. The summed E-state index contributed by atoms with van der Waals surface area (Å²) < 4.78 is 2.73. The highest BCUT2D eigenvalue weighted by molar-refractivity contribution is 9.10. The van der Waals surface area contributed by atoms with Crippen molar-refractivity contribution in [3.05, 3.63) is 87.1 Å². The molecule has 2 aromatic carbocycles. The Balaban J connectivity index is 1.60. The van der Waals surface area contributed by atoms with Gasteiger partial charge in [0.2, 0.25) is 0 Å². The molecule has 3 rings (SSSR count). The molecule has 5 nitrogen and oxygen atoms in total. The first-order valence-electron chi connectivity index (χ1n) is 7.47. The molecule has 0 aliphatic carbocycles. The number of benzene rings is 2. The van der Waals surface area contributed by atoms with Gasteiger partial charge in [-0.25, -0.2) is 5.43 Å². The zero-order chi connectivity index (χ0) is 17.6. The van der Waals surface area contributed by atoms with Gasteiger partial charge in [0.15, 0.2) is 5.69 Å². The highest BCUT2D eigenvalue weighted by Gasteiger charge is 2.08. The number of nitrogens with zero attached hydrogens (tertiary/aromatic N) is 3. The summed E-state index contributed by atoms with van der Waals surface area (Å²) in [6.45, 7) is 0.587. The van der Waals surface area contributed by atoms with Gasteiger partial charge in [-0.15, -0.1) is 0 Å². The van der Waals surface area contributed by atoms with Gasteiger partial charge in [0.25, 0.3) is 5.91 Å². The smallest absolute Gasteiger partial charge is 0.268 e. The number of carbonyl (C=O) groups is 1. The van der Waals surface area contributed by atoms with Crippen LogP contribution in [0.3, 0.4) is 0 Å². The number of hydrogen-bond acceptors (Lipinski definition) is 3. The maximum Gasteiger partial charge on any atom is 0.291 e. The average molecular weight is 418 g/mol. The van der Waals surface area contributed by atoms with Crippen molar-refractivity contribution >= 4 is 39.7 Å². The van der Waals surface area contributed by atoms with Crippen molar-refractivity contribution in [2.24, 2.45) is 5.10 Å². The molecule has 1 N–H and O–H groups in total. The van der Waals surface area contributed by atoms with E-state index in [1.807, 2.05) is 42.5 Å². The van der Waals surface area contributed by atoms with E-state index >= 15 is 0 Å². The number of hydrogen-bond donors (Lipinski definition) is 1. The minimum Gasteiger partial charge on any atom is -0.268 e. The predicted molar refractivity (Wildman–Crippen MR) is 102 cm³/mol. The lowest BCUT2D eigenvalue weighted by Gasteiger charge is -2.02. The van der Waals surface area contributed by atoms with Crippen LogP contribution in [0.1, 0.15) is 21.6 Å². The number of hydrazone groups is 1. The monoisotopic (exact) mass is 416 g/mol. The van der Waals surface area contributed by atoms with Gasteiger partial charge >= 0.3 is 0 Å². The molecular formula is C18H14BrClN4O. The maximum absolute atomic E-state index is 12.1. The van der Waals surface area contributed by atoms with Crippen molar-refractivity contribution in [2.75, 3.05) is 0 Å². The molecule has 1 heterocycles.